The lowest BCUT2D eigenvalue weighted by Crippen LogP contribution is -2.49. The van der Waals surface area contributed by atoms with Gasteiger partial charge < -0.3 is 14.5 Å². The number of carbonyl (C=O) groups excluding carboxylic acids is 2. The SMILES string of the molecule is COc1ccc(C(=O)N2CC(F)(F)C[C@H]2C(=O)N2CCc3ccccc3C2)cc1F. The predicted molar refractivity (Wildman–Crippen MR) is 103 cm³/mol. The third-order valence-electron chi connectivity index (χ3n) is 5.66. The Hall–Kier alpha value is -3.03. The highest BCUT2D eigenvalue weighted by molar-refractivity contribution is 5.98. The lowest BCUT2D eigenvalue weighted by molar-refractivity contribution is -0.136. The fraction of sp³-hybridized carbons (Fsp3) is 0.364. The van der Waals surface area contributed by atoms with Crippen molar-refractivity contribution >= 4 is 11.8 Å². The summed E-state index contributed by atoms with van der Waals surface area (Å²) >= 11 is 0. The van der Waals surface area contributed by atoms with Crippen molar-refractivity contribution in [2.75, 3.05) is 20.2 Å². The van der Waals surface area contributed by atoms with Gasteiger partial charge in [0.15, 0.2) is 11.6 Å². The van der Waals surface area contributed by atoms with E-state index in [9.17, 15) is 22.8 Å². The standard InChI is InChI=1S/C22H21F3N2O3/c1-30-19-7-6-15(10-17(19)23)20(28)27-13-22(24,25)11-18(27)21(29)26-9-8-14-4-2-3-5-16(14)12-26/h2-7,10,18H,8-9,11-13H2,1H3/t18-/m0/s1. The van der Waals surface area contributed by atoms with Crippen molar-refractivity contribution < 1.29 is 27.5 Å². The minimum Gasteiger partial charge on any atom is -0.494 e. The Morgan fingerprint density at radius 2 is 1.87 bits per heavy atom. The lowest BCUT2D eigenvalue weighted by atomic mass is 9.99. The average Bonchev–Trinajstić information content (AvgIpc) is 3.07. The Morgan fingerprint density at radius 1 is 1.13 bits per heavy atom. The molecule has 2 aromatic carbocycles. The fourth-order valence-electron chi connectivity index (χ4n) is 4.11. The highest BCUT2D eigenvalue weighted by Gasteiger charge is 2.51. The van der Waals surface area contributed by atoms with E-state index in [4.69, 9.17) is 4.74 Å². The second kappa shape index (κ2) is 7.66. The fourth-order valence-corrected chi connectivity index (χ4v) is 4.11. The normalized spacial score (nSPS) is 20.1. The number of amides is 2. The Labute approximate surface area is 172 Å². The summed E-state index contributed by atoms with van der Waals surface area (Å²) in [6.07, 6.45) is -0.114. The number of rotatable bonds is 3. The molecule has 1 fully saturated rings. The first-order valence-electron chi connectivity index (χ1n) is 9.67. The molecule has 2 aromatic rings. The molecule has 0 aromatic heterocycles. The van der Waals surface area contributed by atoms with E-state index in [1.807, 2.05) is 24.3 Å². The number of fused-ring (bicyclic) bond motifs is 1. The number of nitrogens with zero attached hydrogens (tertiary/aromatic N) is 2. The minimum absolute atomic E-state index is 0.0575. The zero-order chi connectivity index (χ0) is 21.5. The monoisotopic (exact) mass is 418 g/mol. The number of hydrogen-bond acceptors (Lipinski definition) is 3. The van der Waals surface area contributed by atoms with Crippen LogP contribution in [0.4, 0.5) is 13.2 Å². The minimum atomic E-state index is -3.19. The number of likely N-dealkylation sites (tertiary alicyclic amines) is 1. The molecular weight excluding hydrogens is 397 g/mol. The molecule has 158 valence electrons. The molecule has 30 heavy (non-hydrogen) atoms. The largest absolute Gasteiger partial charge is 0.494 e. The van der Waals surface area contributed by atoms with Gasteiger partial charge in [0.05, 0.1) is 13.7 Å². The molecule has 2 aliphatic heterocycles. The second-order valence-corrected chi connectivity index (χ2v) is 7.64. The maximum Gasteiger partial charge on any atom is 0.267 e. The van der Waals surface area contributed by atoms with Gasteiger partial charge in [-0.25, -0.2) is 13.2 Å². The average molecular weight is 418 g/mol. The summed E-state index contributed by atoms with van der Waals surface area (Å²) < 4.78 is 47.3. The van der Waals surface area contributed by atoms with Crippen LogP contribution in [0.3, 0.4) is 0 Å². The van der Waals surface area contributed by atoms with Gasteiger partial charge in [-0.1, -0.05) is 24.3 Å². The molecule has 0 bridgehead atoms. The van der Waals surface area contributed by atoms with Crippen LogP contribution in [0.15, 0.2) is 42.5 Å². The molecule has 0 aliphatic carbocycles. The Balaban J connectivity index is 1.58. The van der Waals surface area contributed by atoms with Gasteiger partial charge in [-0.2, -0.15) is 0 Å². The topological polar surface area (TPSA) is 49.9 Å². The van der Waals surface area contributed by atoms with E-state index >= 15 is 0 Å². The van der Waals surface area contributed by atoms with Gasteiger partial charge in [-0.3, -0.25) is 9.59 Å². The first-order valence-corrected chi connectivity index (χ1v) is 9.67. The predicted octanol–water partition coefficient (Wildman–Crippen LogP) is 3.27. The number of carbonyl (C=O) groups is 2. The quantitative estimate of drug-likeness (QED) is 0.769. The van der Waals surface area contributed by atoms with E-state index in [0.29, 0.717) is 19.5 Å². The van der Waals surface area contributed by atoms with Crippen LogP contribution in [0.2, 0.25) is 0 Å². The van der Waals surface area contributed by atoms with E-state index in [2.05, 4.69) is 0 Å². The summed E-state index contributed by atoms with van der Waals surface area (Å²) in [4.78, 5) is 28.4. The molecule has 2 heterocycles. The van der Waals surface area contributed by atoms with Crippen molar-refractivity contribution in [3.63, 3.8) is 0 Å². The highest BCUT2D eigenvalue weighted by atomic mass is 19.3. The Bertz CT molecular complexity index is 995. The smallest absolute Gasteiger partial charge is 0.267 e. The molecule has 0 saturated carbocycles. The van der Waals surface area contributed by atoms with Crippen LogP contribution >= 0.6 is 0 Å². The van der Waals surface area contributed by atoms with Crippen LogP contribution < -0.4 is 4.74 Å². The lowest BCUT2D eigenvalue weighted by Gasteiger charge is -2.33. The number of ether oxygens (including phenoxy) is 1. The van der Waals surface area contributed by atoms with Gasteiger partial charge >= 0.3 is 0 Å². The Morgan fingerprint density at radius 3 is 2.57 bits per heavy atom. The molecule has 8 heteroatoms. The van der Waals surface area contributed by atoms with Crippen LogP contribution in [0, 0.1) is 5.82 Å². The van der Waals surface area contributed by atoms with E-state index in [-0.39, 0.29) is 11.3 Å². The van der Waals surface area contributed by atoms with Crippen LogP contribution in [-0.2, 0) is 17.8 Å². The van der Waals surface area contributed by atoms with Crippen molar-refractivity contribution in [3.8, 4) is 5.75 Å². The molecule has 1 atom stereocenters. The molecule has 0 unspecified atom stereocenters. The molecule has 0 spiro atoms. The van der Waals surface area contributed by atoms with E-state index < -0.39 is 42.6 Å². The third-order valence-corrected chi connectivity index (χ3v) is 5.66. The van der Waals surface area contributed by atoms with Crippen molar-refractivity contribution in [3.05, 3.63) is 65.0 Å². The maximum absolute atomic E-state index is 14.2. The summed E-state index contributed by atoms with van der Waals surface area (Å²) in [5.41, 5.74) is 1.99. The zero-order valence-electron chi connectivity index (χ0n) is 16.4. The van der Waals surface area contributed by atoms with Gasteiger partial charge in [-0.05, 0) is 35.7 Å². The van der Waals surface area contributed by atoms with Crippen LogP contribution in [0.25, 0.3) is 0 Å². The molecular formula is C22H21F3N2O3. The van der Waals surface area contributed by atoms with Crippen LogP contribution in [0.1, 0.15) is 27.9 Å². The summed E-state index contributed by atoms with van der Waals surface area (Å²) in [7, 11) is 1.28. The number of benzene rings is 2. The summed E-state index contributed by atoms with van der Waals surface area (Å²) in [6.45, 7) is -0.159. The van der Waals surface area contributed by atoms with Gasteiger partial charge in [0.25, 0.3) is 11.8 Å². The van der Waals surface area contributed by atoms with Crippen LogP contribution in [0.5, 0.6) is 5.75 Å². The number of alkyl halides is 2. The molecule has 2 amide bonds. The van der Waals surface area contributed by atoms with E-state index in [0.717, 1.165) is 22.1 Å². The highest BCUT2D eigenvalue weighted by Crippen LogP contribution is 2.35. The maximum atomic E-state index is 14.2. The van der Waals surface area contributed by atoms with Crippen molar-refractivity contribution in [2.45, 2.75) is 31.4 Å². The van der Waals surface area contributed by atoms with Gasteiger partial charge in [-0.15, -0.1) is 0 Å². The molecule has 1 saturated heterocycles. The van der Waals surface area contributed by atoms with Crippen molar-refractivity contribution in [1.29, 1.82) is 0 Å². The van der Waals surface area contributed by atoms with Gasteiger partial charge in [0, 0.05) is 25.1 Å². The first-order chi connectivity index (χ1) is 14.3. The van der Waals surface area contributed by atoms with Crippen LogP contribution in [-0.4, -0.2) is 53.8 Å². The number of halogens is 3. The molecule has 5 nitrogen and oxygen atoms in total. The summed E-state index contributed by atoms with van der Waals surface area (Å²) in [6, 6.07) is 9.89. The van der Waals surface area contributed by atoms with Crippen molar-refractivity contribution in [2.24, 2.45) is 0 Å². The van der Waals surface area contributed by atoms with Crippen molar-refractivity contribution in [1.82, 2.24) is 9.80 Å². The molecule has 2 aliphatic rings. The summed E-state index contributed by atoms with van der Waals surface area (Å²) in [5.74, 6) is -5.33. The van der Waals surface area contributed by atoms with E-state index in [1.54, 1.807) is 0 Å². The van der Waals surface area contributed by atoms with Gasteiger partial charge in [0.1, 0.15) is 6.04 Å². The molecule has 4 rings (SSSR count). The molecule has 0 N–H and O–H groups in total. The van der Waals surface area contributed by atoms with Gasteiger partial charge in [0.2, 0.25) is 5.91 Å². The van der Waals surface area contributed by atoms with E-state index in [1.165, 1.54) is 24.1 Å². The number of hydrogen-bond donors (Lipinski definition) is 0. The summed E-state index contributed by atoms with van der Waals surface area (Å²) in [5, 5.41) is 0. The first kappa shape index (κ1) is 20.3. The zero-order valence-corrected chi connectivity index (χ0v) is 16.4. The number of methoxy groups -OCH3 is 1. The third kappa shape index (κ3) is 3.74. The Kier molecular flexibility index (Phi) is 5.17. The molecule has 0 radical (unpaired) electrons. The second-order valence-electron chi connectivity index (χ2n) is 7.64.